The number of anilines is 1. The number of aromatic hydroxyl groups is 1. The van der Waals surface area contributed by atoms with Crippen molar-refractivity contribution in [3.05, 3.63) is 142 Å². The molecule has 0 spiro atoms. The van der Waals surface area contributed by atoms with Crippen LogP contribution in [0.3, 0.4) is 0 Å². The van der Waals surface area contributed by atoms with Gasteiger partial charge in [0.25, 0.3) is 0 Å². The fourth-order valence-corrected chi connectivity index (χ4v) is 9.68. The Kier molecular flexibility index (Phi) is 8.10. The number of ether oxygens (including phenoxy) is 1. The molecule has 6 atom stereocenters. The van der Waals surface area contributed by atoms with Crippen LogP contribution in [0.25, 0.3) is 5.57 Å². The third kappa shape index (κ3) is 4.84. The van der Waals surface area contributed by atoms with Gasteiger partial charge in [-0.05, 0) is 66.3 Å². The molecule has 0 radical (unpaired) electrons. The van der Waals surface area contributed by atoms with Crippen LogP contribution in [-0.4, -0.2) is 46.7 Å². The maximum atomic E-state index is 15.2. The number of imide groups is 1. The van der Waals surface area contributed by atoms with Crippen LogP contribution in [0, 0.1) is 23.7 Å². The van der Waals surface area contributed by atoms with Crippen LogP contribution >= 0.6 is 15.9 Å². The number of allylic oxidation sites excluding steroid dienone is 4. The van der Waals surface area contributed by atoms with Crippen LogP contribution in [0.2, 0.25) is 0 Å². The number of benzene rings is 4. The molecule has 4 aromatic carbocycles. The zero-order valence-electron chi connectivity index (χ0n) is 27.9. The van der Waals surface area contributed by atoms with Crippen molar-refractivity contribution < 1.29 is 38.9 Å². The predicted octanol–water partition coefficient (Wildman–Crippen LogP) is 6.89. The van der Waals surface area contributed by atoms with E-state index in [0.717, 1.165) is 4.90 Å². The van der Waals surface area contributed by atoms with Crippen LogP contribution in [0.5, 0.6) is 11.5 Å². The lowest BCUT2D eigenvalue weighted by Crippen LogP contribution is -2.58. The number of fused-ring (bicyclic) bond motifs is 4. The number of phenols is 1. The number of hydrogen-bond donors (Lipinski definition) is 2. The maximum absolute atomic E-state index is 15.2. The number of amides is 2. The van der Waals surface area contributed by atoms with Crippen LogP contribution in [0.1, 0.15) is 45.8 Å². The smallest absolute Gasteiger partial charge is 0.335 e. The molecule has 8 rings (SSSR count). The number of hydrogen-bond acceptors (Lipinski definition) is 7. The van der Waals surface area contributed by atoms with Crippen molar-refractivity contribution >= 4 is 56.5 Å². The van der Waals surface area contributed by atoms with E-state index in [2.05, 4.69) is 15.9 Å². The molecular formula is C42H32BrNO8. The van der Waals surface area contributed by atoms with E-state index in [-0.39, 0.29) is 52.7 Å². The number of ketones is 2. The van der Waals surface area contributed by atoms with E-state index in [1.807, 2.05) is 42.5 Å². The molecule has 52 heavy (non-hydrogen) atoms. The topological polar surface area (TPSA) is 138 Å². The molecule has 2 fully saturated rings. The van der Waals surface area contributed by atoms with Gasteiger partial charge in [0, 0.05) is 27.4 Å². The highest BCUT2D eigenvalue weighted by Crippen LogP contribution is 2.65. The number of methoxy groups -OCH3 is 1. The average molecular weight is 759 g/mol. The third-order valence-corrected chi connectivity index (χ3v) is 11.8. The fourth-order valence-electron chi connectivity index (χ4n) is 9.22. The van der Waals surface area contributed by atoms with Crippen LogP contribution < -0.4 is 9.64 Å². The number of carbonyl (C=O) groups is 5. The molecule has 9 nitrogen and oxygen atoms in total. The van der Waals surface area contributed by atoms with E-state index in [1.54, 1.807) is 36.4 Å². The number of carboxylic acid groups (broad SMARTS) is 1. The molecule has 0 aromatic heterocycles. The van der Waals surface area contributed by atoms with E-state index in [9.17, 15) is 24.6 Å². The molecule has 1 heterocycles. The van der Waals surface area contributed by atoms with Crippen LogP contribution in [0.15, 0.2) is 119 Å². The Morgan fingerprint density at radius 2 is 1.60 bits per heavy atom. The summed E-state index contributed by atoms with van der Waals surface area (Å²) in [5.74, 6) is -7.05. The van der Waals surface area contributed by atoms with E-state index in [4.69, 9.17) is 4.74 Å². The molecular weight excluding hydrogens is 726 g/mol. The number of phenolic OH excluding ortho intramolecular Hbond substituents is 1. The summed E-state index contributed by atoms with van der Waals surface area (Å²) in [5, 5.41) is 21.5. The summed E-state index contributed by atoms with van der Waals surface area (Å²) in [6.07, 6.45) is 3.58. The Labute approximate surface area is 307 Å². The number of aromatic carboxylic acids is 1. The van der Waals surface area contributed by atoms with Gasteiger partial charge >= 0.3 is 5.97 Å². The summed E-state index contributed by atoms with van der Waals surface area (Å²) < 4.78 is 6.14. The molecule has 1 saturated heterocycles. The Hall–Kier alpha value is -5.61. The highest BCUT2D eigenvalue weighted by atomic mass is 79.9. The standard InChI is InChI=1S/C42H32BrNO8/c1-52-33-19-25(43)18-31(38(33)47)36-27-15-16-28-35(40(49)44(39(28)48)26-14-8-11-23(17-26)41(50)51)30(27)20-32-37(46)29(22-9-4-2-5-10-22)21-34(45)42(32,36)24-12-6-3-7-13-24/h2-15,17-19,21,28,30,32,35-36,47H,16,20H2,1H3,(H,50,51)/t28-,30+,32-,35-,36+,42-/m0/s1. The van der Waals surface area contributed by atoms with Gasteiger partial charge in [-0.25, -0.2) is 4.79 Å². The number of carbonyl (C=O) groups excluding carboxylic acids is 4. The Morgan fingerprint density at radius 1 is 0.885 bits per heavy atom. The Balaban J connectivity index is 1.37. The van der Waals surface area contributed by atoms with Gasteiger partial charge in [-0.3, -0.25) is 24.1 Å². The first-order chi connectivity index (χ1) is 25.1. The summed E-state index contributed by atoms with van der Waals surface area (Å²) in [6, 6.07) is 27.1. The fraction of sp³-hybridized carbons (Fsp3) is 0.214. The number of rotatable bonds is 6. The van der Waals surface area contributed by atoms with Crippen molar-refractivity contribution in [1.82, 2.24) is 0 Å². The predicted molar refractivity (Wildman–Crippen MR) is 195 cm³/mol. The van der Waals surface area contributed by atoms with Gasteiger partial charge in [0.1, 0.15) is 0 Å². The van der Waals surface area contributed by atoms with Crippen molar-refractivity contribution in [2.24, 2.45) is 23.7 Å². The van der Waals surface area contributed by atoms with Crippen LogP contribution in [0.4, 0.5) is 5.69 Å². The minimum Gasteiger partial charge on any atom is -0.504 e. The molecule has 260 valence electrons. The van der Waals surface area contributed by atoms with Gasteiger partial charge in [-0.2, -0.15) is 0 Å². The monoisotopic (exact) mass is 757 g/mol. The van der Waals surface area contributed by atoms with Gasteiger partial charge in [0.15, 0.2) is 23.1 Å². The summed E-state index contributed by atoms with van der Waals surface area (Å²) in [6.45, 7) is 0. The molecule has 1 aliphatic heterocycles. The van der Waals surface area contributed by atoms with Crippen molar-refractivity contribution in [3.63, 3.8) is 0 Å². The van der Waals surface area contributed by atoms with Crippen molar-refractivity contribution in [3.8, 4) is 11.5 Å². The molecule has 2 N–H and O–H groups in total. The zero-order chi connectivity index (χ0) is 36.5. The lowest BCUT2D eigenvalue weighted by molar-refractivity contribution is -0.135. The number of halogens is 1. The van der Waals surface area contributed by atoms with Gasteiger partial charge < -0.3 is 14.9 Å². The largest absolute Gasteiger partial charge is 0.504 e. The molecule has 4 aliphatic rings. The van der Waals surface area contributed by atoms with E-state index < -0.39 is 52.8 Å². The first-order valence-electron chi connectivity index (χ1n) is 17.0. The van der Waals surface area contributed by atoms with Crippen molar-refractivity contribution in [2.45, 2.75) is 24.2 Å². The highest BCUT2D eigenvalue weighted by Gasteiger charge is 2.66. The quantitative estimate of drug-likeness (QED) is 0.160. The highest BCUT2D eigenvalue weighted by molar-refractivity contribution is 9.10. The minimum atomic E-state index is -1.53. The number of carboxylic acids is 1. The molecule has 0 unspecified atom stereocenters. The second-order valence-electron chi connectivity index (χ2n) is 13.7. The SMILES string of the molecule is COc1cc(Br)cc([C@H]2C3=CC[C@@H]4C(=O)N(c5cccc(C(=O)O)c5)C(=O)[C@@H]4[C@@H]3C[C@H]3C(=O)C(c4ccccc4)=CC(=O)[C@@]23c2ccccc2)c1O. The molecule has 2 amide bonds. The average Bonchev–Trinajstić information content (AvgIpc) is 3.42. The van der Waals surface area contributed by atoms with E-state index in [0.29, 0.717) is 26.7 Å². The second kappa shape index (κ2) is 12.6. The van der Waals surface area contributed by atoms with Crippen LogP contribution in [-0.2, 0) is 24.6 Å². The van der Waals surface area contributed by atoms with Gasteiger partial charge in [0.2, 0.25) is 11.8 Å². The number of nitrogens with zero attached hydrogens (tertiary/aromatic N) is 1. The third-order valence-electron chi connectivity index (χ3n) is 11.3. The molecule has 0 bridgehead atoms. The van der Waals surface area contributed by atoms with Gasteiger partial charge in [-0.15, -0.1) is 0 Å². The first kappa shape index (κ1) is 33.5. The van der Waals surface area contributed by atoms with Crippen molar-refractivity contribution in [2.75, 3.05) is 12.0 Å². The van der Waals surface area contributed by atoms with Gasteiger partial charge in [0.05, 0.1) is 35.6 Å². The summed E-state index contributed by atoms with van der Waals surface area (Å²) in [5.41, 5.74) is 1.02. The summed E-state index contributed by atoms with van der Waals surface area (Å²) in [7, 11) is 1.43. The molecule has 4 aromatic rings. The maximum Gasteiger partial charge on any atom is 0.335 e. The van der Waals surface area contributed by atoms with E-state index in [1.165, 1.54) is 37.5 Å². The second-order valence-corrected chi connectivity index (χ2v) is 14.6. The first-order valence-corrected chi connectivity index (χ1v) is 17.8. The lowest BCUT2D eigenvalue weighted by atomic mass is 9.44. The normalized spacial score (nSPS) is 26.6. The lowest BCUT2D eigenvalue weighted by Gasteiger charge is -2.55. The Bertz CT molecular complexity index is 2260. The molecule has 10 heteroatoms. The summed E-state index contributed by atoms with van der Waals surface area (Å²) in [4.78, 5) is 71.8. The molecule has 1 saturated carbocycles. The number of Topliss-reactive ketones (excluding diaryl/α,β-unsaturated/α-hetero) is 1. The Morgan fingerprint density at radius 3 is 2.29 bits per heavy atom. The van der Waals surface area contributed by atoms with E-state index >= 15 is 9.59 Å². The van der Waals surface area contributed by atoms with Gasteiger partial charge in [-0.1, -0.05) is 94.3 Å². The minimum absolute atomic E-state index is 0.0669. The summed E-state index contributed by atoms with van der Waals surface area (Å²) >= 11 is 3.56. The zero-order valence-corrected chi connectivity index (χ0v) is 29.4. The molecule has 3 aliphatic carbocycles. The van der Waals surface area contributed by atoms with Crippen molar-refractivity contribution in [1.29, 1.82) is 0 Å².